The molecule has 202 valence electrons. The number of carbonyl (C=O) groups excluding carboxylic acids is 2. The van der Waals surface area contributed by atoms with E-state index in [0.29, 0.717) is 34.3 Å². The van der Waals surface area contributed by atoms with Crippen LogP contribution >= 0.6 is 11.6 Å². The van der Waals surface area contributed by atoms with E-state index in [1.807, 2.05) is 80.6 Å². The standard InChI is InChI=1S/C31H31ClN2O5/c1-6-37-29(35)31(4,5)24-17-15-22(16-18-24)21-11-13-23(14-12-21)28-27(19(2)34-39-28)33-30(36)38-20(3)25-9-7-8-10-26(25)32/h7-18,20H,6H2,1-5H3,(H,33,36)/t20-/m1/s1. The van der Waals surface area contributed by atoms with Crippen LogP contribution in [0.25, 0.3) is 22.5 Å². The Hall–Kier alpha value is -4.10. The van der Waals surface area contributed by atoms with Crippen LogP contribution in [0.4, 0.5) is 10.5 Å². The highest BCUT2D eigenvalue weighted by Gasteiger charge is 2.31. The van der Waals surface area contributed by atoms with Crippen molar-refractivity contribution in [2.45, 2.75) is 46.1 Å². The van der Waals surface area contributed by atoms with E-state index in [4.69, 9.17) is 25.6 Å². The quantitative estimate of drug-likeness (QED) is 0.224. The Morgan fingerprint density at radius 1 is 0.974 bits per heavy atom. The molecule has 39 heavy (non-hydrogen) atoms. The van der Waals surface area contributed by atoms with Gasteiger partial charge in [-0.15, -0.1) is 0 Å². The first-order valence-electron chi connectivity index (χ1n) is 12.7. The van der Waals surface area contributed by atoms with Gasteiger partial charge >= 0.3 is 12.1 Å². The maximum Gasteiger partial charge on any atom is 0.412 e. The number of anilines is 1. The number of esters is 1. The van der Waals surface area contributed by atoms with E-state index in [1.165, 1.54) is 0 Å². The average molecular weight is 547 g/mol. The Labute approximate surface area is 233 Å². The zero-order chi connectivity index (χ0) is 28.2. The number of nitrogens with zero attached hydrogens (tertiary/aromatic N) is 1. The number of aryl methyl sites for hydroxylation is 1. The van der Waals surface area contributed by atoms with Crippen LogP contribution in [0.15, 0.2) is 77.3 Å². The number of rotatable bonds is 8. The maximum absolute atomic E-state index is 12.7. The van der Waals surface area contributed by atoms with Gasteiger partial charge in [-0.3, -0.25) is 10.1 Å². The fourth-order valence-corrected chi connectivity index (χ4v) is 4.49. The van der Waals surface area contributed by atoms with Crippen LogP contribution in [0.5, 0.6) is 0 Å². The number of nitrogens with one attached hydrogen (secondary N) is 1. The van der Waals surface area contributed by atoms with Crippen LogP contribution < -0.4 is 5.32 Å². The molecule has 0 aliphatic heterocycles. The third-order valence-corrected chi connectivity index (χ3v) is 6.93. The van der Waals surface area contributed by atoms with E-state index in [1.54, 1.807) is 26.8 Å². The Balaban J connectivity index is 1.48. The molecule has 0 aliphatic rings. The largest absolute Gasteiger partial charge is 0.465 e. The predicted molar refractivity (Wildman–Crippen MR) is 152 cm³/mol. The minimum Gasteiger partial charge on any atom is -0.465 e. The van der Waals surface area contributed by atoms with Crippen molar-refractivity contribution in [1.29, 1.82) is 0 Å². The fourth-order valence-electron chi connectivity index (χ4n) is 4.20. The fraction of sp³-hybridized carbons (Fsp3) is 0.258. The Bertz CT molecular complexity index is 1460. The molecule has 7 nitrogen and oxygen atoms in total. The van der Waals surface area contributed by atoms with E-state index >= 15 is 0 Å². The van der Waals surface area contributed by atoms with Gasteiger partial charge in [-0.05, 0) is 57.4 Å². The van der Waals surface area contributed by atoms with Crippen LogP contribution in [0, 0.1) is 6.92 Å². The van der Waals surface area contributed by atoms with Gasteiger partial charge in [0.15, 0.2) is 5.76 Å². The summed E-state index contributed by atoms with van der Waals surface area (Å²) in [7, 11) is 0. The molecule has 0 unspecified atom stereocenters. The lowest BCUT2D eigenvalue weighted by Gasteiger charge is -2.23. The van der Waals surface area contributed by atoms with Crippen LogP contribution in [-0.2, 0) is 19.7 Å². The molecule has 0 saturated carbocycles. The van der Waals surface area contributed by atoms with E-state index in [9.17, 15) is 9.59 Å². The van der Waals surface area contributed by atoms with Gasteiger partial charge in [0.05, 0.1) is 12.0 Å². The molecule has 1 atom stereocenters. The van der Waals surface area contributed by atoms with Crippen LogP contribution in [-0.4, -0.2) is 23.8 Å². The monoisotopic (exact) mass is 546 g/mol. The molecular formula is C31H31ClN2O5. The summed E-state index contributed by atoms with van der Waals surface area (Å²) in [5.41, 5.74) is 4.54. The summed E-state index contributed by atoms with van der Waals surface area (Å²) in [5.74, 6) is 0.170. The highest BCUT2D eigenvalue weighted by atomic mass is 35.5. The number of halogens is 1. The smallest absolute Gasteiger partial charge is 0.412 e. The van der Waals surface area contributed by atoms with Crippen molar-refractivity contribution in [2.75, 3.05) is 11.9 Å². The van der Waals surface area contributed by atoms with Gasteiger partial charge in [-0.25, -0.2) is 4.79 Å². The predicted octanol–water partition coefficient (Wildman–Crippen LogP) is 8.12. The summed E-state index contributed by atoms with van der Waals surface area (Å²) in [6.07, 6.45) is -1.19. The Morgan fingerprint density at radius 2 is 1.56 bits per heavy atom. The van der Waals surface area contributed by atoms with E-state index < -0.39 is 17.6 Å². The van der Waals surface area contributed by atoms with E-state index in [-0.39, 0.29) is 5.97 Å². The summed E-state index contributed by atoms with van der Waals surface area (Å²) in [6, 6.07) is 22.8. The van der Waals surface area contributed by atoms with Gasteiger partial charge in [0.2, 0.25) is 0 Å². The number of hydrogen-bond donors (Lipinski definition) is 1. The summed E-state index contributed by atoms with van der Waals surface area (Å²) in [4.78, 5) is 25.0. The molecular weight excluding hydrogens is 516 g/mol. The lowest BCUT2D eigenvalue weighted by molar-refractivity contribution is -0.148. The summed E-state index contributed by atoms with van der Waals surface area (Å²) in [6.45, 7) is 9.35. The first kappa shape index (κ1) is 27.9. The minimum atomic E-state index is -0.738. The van der Waals surface area contributed by atoms with E-state index in [0.717, 1.165) is 22.3 Å². The van der Waals surface area contributed by atoms with Crippen molar-refractivity contribution in [3.05, 3.63) is 94.6 Å². The SMILES string of the molecule is CCOC(=O)C(C)(C)c1ccc(-c2ccc(-c3onc(C)c3NC(=O)O[C@H](C)c3ccccc3Cl)cc2)cc1. The highest BCUT2D eigenvalue weighted by Crippen LogP contribution is 2.34. The normalized spacial score (nSPS) is 12.1. The highest BCUT2D eigenvalue weighted by molar-refractivity contribution is 6.31. The molecule has 0 spiro atoms. The molecule has 0 bridgehead atoms. The summed E-state index contributed by atoms with van der Waals surface area (Å²) < 4.78 is 16.3. The zero-order valence-electron chi connectivity index (χ0n) is 22.6. The van der Waals surface area contributed by atoms with Crippen molar-refractivity contribution >= 4 is 29.4 Å². The van der Waals surface area contributed by atoms with Crippen molar-refractivity contribution in [3.8, 4) is 22.5 Å². The molecule has 4 rings (SSSR count). The minimum absolute atomic E-state index is 0.254. The first-order valence-corrected chi connectivity index (χ1v) is 13.1. The molecule has 0 saturated heterocycles. The molecule has 0 radical (unpaired) electrons. The Kier molecular flexibility index (Phi) is 8.41. The molecule has 0 aliphatic carbocycles. The number of carbonyl (C=O) groups is 2. The molecule has 1 aromatic heterocycles. The maximum atomic E-state index is 12.7. The molecule has 1 amide bonds. The number of ether oxygens (including phenoxy) is 2. The van der Waals surface area contributed by atoms with Crippen molar-refractivity contribution in [2.24, 2.45) is 0 Å². The zero-order valence-corrected chi connectivity index (χ0v) is 23.3. The number of benzene rings is 3. The summed E-state index contributed by atoms with van der Waals surface area (Å²) in [5, 5.41) is 7.32. The molecule has 1 heterocycles. The lowest BCUT2D eigenvalue weighted by Crippen LogP contribution is -2.31. The number of amides is 1. The van der Waals surface area contributed by atoms with Gasteiger partial charge in [0, 0.05) is 16.1 Å². The molecule has 4 aromatic rings. The van der Waals surface area contributed by atoms with Crippen molar-refractivity contribution in [3.63, 3.8) is 0 Å². The number of aromatic nitrogens is 1. The van der Waals surface area contributed by atoms with Gasteiger partial charge in [-0.1, -0.05) is 83.5 Å². The topological polar surface area (TPSA) is 90.7 Å². The van der Waals surface area contributed by atoms with Gasteiger partial charge in [0.25, 0.3) is 0 Å². The lowest BCUT2D eigenvalue weighted by atomic mass is 9.84. The van der Waals surface area contributed by atoms with E-state index in [2.05, 4.69) is 10.5 Å². The molecule has 0 fully saturated rings. The molecule has 1 N–H and O–H groups in total. The van der Waals surface area contributed by atoms with Crippen molar-refractivity contribution < 1.29 is 23.6 Å². The van der Waals surface area contributed by atoms with Crippen LogP contribution in [0.2, 0.25) is 5.02 Å². The second kappa shape index (κ2) is 11.7. The second-order valence-electron chi connectivity index (χ2n) is 9.67. The first-order chi connectivity index (χ1) is 18.6. The van der Waals surface area contributed by atoms with Gasteiger partial charge in [-0.2, -0.15) is 0 Å². The van der Waals surface area contributed by atoms with Crippen molar-refractivity contribution in [1.82, 2.24) is 5.16 Å². The van der Waals surface area contributed by atoms with Gasteiger partial charge < -0.3 is 14.0 Å². The average Bonchev–Trinajstić information content (AvgIpc) is 3.28. The second-order valence-corrected chi connectivity index (χ2v) is 10.1. The molecule has 8 heteroatoms. The van der Waals surface area contributed by atoms with Crippen LogP contribution in [0.1, 0.15) is 50.6 Å². The Morgan fingerprint density at radius 3 is 2.18 bits per heavy atom. The van der Waals surface area contributed by atoms with Crippen LogP contribution in [0.3, 0.4) is 0 Å². The third kappa shape index (κ3) is 6.15. The molecule has 3 aromatic carbocycles. The number of hydrogen-bond acceptors (Lipinski definition) is 6. The third-order valence-electron chi connectivity index (χ3n) is 6.59. The van der Waals surface area contributed by atoms with Gasteiger partial charge in [0.1, 0.15) is 17.5 Å². The summed E-state index contributed by atoms with van der Waals surface area (Å²) >= 11 is 6.23.